The van der Waals surface area contributed by atoms with Gasteiger partial charge in [0, 0.05) is 24.0 Å². The van der Waals surface area contributed by atoms with Crippen LogP contribution < -0.4 is 9.80 Å². The highest BCUT2D eigenvalue weighted by atomic mass is 16.2. The van der Waals surface area contributed by atoms with Gasteiger partial charge in [0.05, 0.1) is 28.5 Å². The molecule has 3 aliphatic rings. The van der Waals surface area contributed by atoms with Crippen LogP contribution in [0, 0.1) is 0 Å². The van der Waals surface area contributed by atoms with E-state index in [0.717, 1.165) is 33.6 Å². The van der Waals surface area contributed by atoms with Crippen LogP contribution in [-0.4, -0.2) is 22.8 Å². The first-order valence-electron chi connectivity index (χ1n) is 14.0. The number of carbonyl (C=O) groups is 2. The molecule has 0 saturated carbocycles. The molecule has 3 heterocycles. The monoisotopic (exact) mass is 543 g/mol. The first kappa shape index (κ1) is 24.3. The van der Waals surface area contributed by atoms with E-state index in [0.29, 0.717) is 16.8 Å². The van der Waals surface area contributed by atoms with E-state index in [1.165, 1.54) is 10.5 Å². The zero-order valence-electron chi connectivity index (χ0n) is 22.6. The molecular formula is C37H25N3O2. The number of amides is 2. The Hall–Kier alpha value is -5.55. The molecule has 2 atom stereocenters. The maximum atomic E-state index is 14.2. The van der Waals surface area contributed by atoms with Gasteiger partial charge in [0.2, 0.25) is 0 Å². The molecule has 1 aliphatic carbocycles. The Balaban J connectivity index is 1.23. The third-order valence-corrected chi connectivity index (χ3v) is 8.43. The number of fused-ring (bicyclic) bond motifs is 4. The molecule has 1 aromatic heterocycles. The number of imide groups is 1. The van der Waals surface area contributed by atoms with Gasteiger partial charge in [0.15, 0.2) is 0 Å². The number of allylic oxidation sites excluding steroid dienone is 2. The molecule has 42 heavy (non-hydrogen) atoms. The Morgan fingerprint density at radius 3 is 2.19 bits per heavy atom. The highest BCUT2D eigenvalue weighted by molar-refractivity contribution is 6.36. The van der Waals surface area contributed by atoms with E-state index in [9.17, 15) is 9.59 Å². The summed E-state index contributed by atoms with van der Waals surface area (Å²) < 4.78 is 0. The molecule has 5 heteroatoms. The number of aromatic nitrogens is 1. The summed E-state index contributed by atoms with van der Waals surface area (Å²) in [6.45, 7) is 0. The zero-order valence-corrected chi connectivity index (χ0v) is 22.6. The second-order valence-corrected chi connectivity index (χ2v) is 10.7. The second kappa shape index (κ2) is 9.53. The Kier molecular flexibility index (Phi) is 5.50. The minimum atomic E-state index is -0.301. The van der Waals surface area contributed by atoms with Crippen molar-refractivity contribution in [2.24, 2.45) is 0 Å². The van der Waals surface area contributed by atoms with E-state index in [1.807, 2.05) is 78.9 Å². The maximum Gasteiger partial charge on any atom is 0.268 e. The summed E-state index contributed by atoms with van der Waals surface area (Å²) in [5.41, 5.74) is 8.62. The topological polar surface area (TPSA) is 53.5 Å². The van der Waals surface area contributed by atoms with Gasteiger partial charge in [-0.1, -0.05) is 78.9 Å². The van der Waals surface area contributed by atoms with Crippen LogP contribution in [0.4, 0.5) is 17.1 Å². The molecule has 0 bridgehead atoms. The predicted molar refractivity (Wildman–Crippen MR) is 166 cm³/mol. The molecule has 200 valence electrons. The molecule has 0 saturated heterocycles. The van der Waals surface area contributed by atoms with Crippen molar-refractivity contribution < 1.29 is 9.59 Å². The van der Waals surface area contributed by atoms with Crippen molar-refractivity contribution in [3.63, 3.8) is 0 Å². The lowest BCUT2D eigenvalue weighted by molar-refractivity contribution is 0.0926. The van der Waals surface area contributed by atoms with Crippen LogP contribution >= 0.6 is 0 Å². The van der Waals surface area contributed by atoms with Gasteiger partial charge in [-0.2, -0.15) is 0 Å². The lowest BCUT2D eigenvalue weighted by atomic mass is 9.90. The van der Waals surface area contributed by atoms with Crippen LogP contribution in [0.2, 0.25) is 0 Å². The van der Waals surface area contributed by atoms with E-state index in [1.54, 1.807) is 18.5 Å². The first-order valence-corrected chi connectivity index (χ1v) is 14.0. The molecule has 2 unspecified atom stereocenters. The molecule has 2 amide bonds. The van der Waals surface area contributed by atoms with Crippen molar-refractivity contribution in [3.05, 3.63) is 157 Å². The fourth-order valence-electron chi connectivity index (χ4n) is 6.50. The zero-order chi connectivity index (χ0) is 28.2. The molecule has 4 aromatic carbocycles. The summed E-state index contributed by atoms with van der Waals surface area (Å²) in [6, 6.07) is 33.7. The fourth-order valence-corrected chi connectivity index (χ4v) is 6.50. The van der Waals surface area contributed by atoms with Crippen LogP contribution in [0.3, 0.4) is 0 Å². The van der Waals surface area contributed by atoms with Crippen LogP contribution in [0.1, 0.15) is 32.2 Å². The number of hydrogen-bond acceptors (Lipinski definition) is 4. The second-order valence-electron chi connectivity index (χ2n) is 10.7. The Labute approximate surface area is 243 Å². The van der Waals surface area contributed by atoms with Crippen molar-refractivity contribution in [2.75, 3.05) is 9.80 Å². The van der Waals surface area contributed by atoms with Gasteiger partial charge in [0.25, 0.3) is 11.8 Å². The fraction of sp³-hybridized carbons (Fsp3) is 0.0541. The summed E-state index contributed by atoms with van der Waals surface area (Å²) in [6.07, 6.45) is 12.1. The van der Waals surface area contributed by atoms with Crippen LogP contribution in [-0.2, 0) is 0 Å². The van der Waals surface area contributed by atoms with Gasteiger partial charge in [-0.25, -0.2) is 4.90 Å². The highest BCUT2D eigenvalue weighted by Gasteiger charge is 2.44. The van der Waals surface area contributed by atoms with E-state index < -0.39 is 0 Å². The van der Waals surface area contributed by atoms with E-state index in [2.05, 4.69) is 52.4 Å². The number of benzene rings is 4. The molecule has 0 N–H and O–H groups in total. The maximum absolute atomic E-state index is 14.2. The van der Waals surface area contributed by atoms with Crippen molar-refractivity contribution in [1.29, 1.82) is 0 Å². The summed E-state index contributed by atoms with van der Waals surface area (Å²) in [5, 5.41) is 0. The number of rotatable bonds is 4. The molecule has 0 radical (unpaired) electrons. The highest BCUT2D eigenvalue weighted by Crippen LogP contribution is 2.50. The van der Waals surface area contributed by atoms with Crippen molar-refractivity contribution in [3.8, 4) is 22.3 Å². The Morgan fingerprint density at radius 2 is 1.33 bits per heavy atom. The van der Waals surface area contributed by atoms with Gasteiger partial charge < -0.3 is 4.90 Å². The molecule has 2 aliphatic heterocycles. The van der Waals surface area contributed by atoms with Gasteiger partial charge in [-0.05, 0) is 76.3 Å². The smallest absolute Gasteiger partial charge is 0.268 e. The Bertz CT molecular complexity index is 1950. The van der Waals surface area contributed by atoms with Gasteiger partial charge in [0.1, 0.15) is 0 Å². The number of hydrogen-bond donors (Lipinski definition) is 0. The molecule has 0 fully saturated rings. The predicted octanol–water partition coefficient (Wildman–Crippen LogP) is 7.95. The summed E-state index contributed by atoms with van der Waals surface area (Å²) in [5.74, 6) is -0.483. The molecule has 5 nitrogen and oxygen atoms in total. The standard InChI is InChI=1S/C37H25N3O2/c41-36-30-13-7-15-34(35(30)37(42)39(36)28-11-6-10-26(22-28)24-8-2-1-3-9-24)40-32-14-5-4-12-29(32)31-23-27(16-17-33(31)40)25-18-20-38-21-19-25/h1-23,29,32H. The Morgan fingerprint density at radius 1 is 0.595 bits per heavy atom. The average Bonchev–Trinajstić information content (AvgIpc) is 3.52. The lowest BCUT2D eigenvalue weighted by Gasteiger charge is -2.30. The third-order valence-electron chi connectivity index (χ3n) is 8.43. The largest absolute Gasteiger partial charge is 0.333 e. The summed E-state index contributed by atoms with van der Waals surface area (Å²) >= 11 is 0. The molecule has 5 aromatic rings. The molecular weight excluding hydrogens is 518 g/mol. The average molecular weight is 544 g/mol. The van der Waals surface area contributed by atoms with Gasteiger partial charge in [-0.3, -0.25) is 14.6 Å². The van der Waals surface area contributed by atoms with Crippen LogP contribution in [0.25, 0.3) is 22.3 Å². The first-order chi connectivity index (χ1) is 20.7. The summed E-state index contributed by atoms with van der Waals surface area (Å²) in [7, 11) is 0. The van der Waals surface area contributed by atoms with Gasteiger partial charge >= 0.3 is 0 Å². The third kappa shape index (κ3) is 3.67. The van der Waals surface area contributed by atoms with Crippen molar-refractivity contribution in [2.45, 2.75) is 12.0 Å². The number of pyridine rings is 1. The van der Waals surface area contributed by atoms with E-state index in [-0.39, 0.29) is 23.8 Å². The normalized spacial score (nSPS) is 18.3. The van der Waals surface area contributed by atoms with Crippen LogP contribution in [0.5, 0.6) is 0 Å². The van der Waals surface area contributed by atoms with Crippen molar-refractivity contribution in [1.82, 2.24) is 4.98 Å². The molecule has 0 spiro atoms. The van der Waals surface area contributed by atoms with E-state index in [4.69, 9.17) is 0 Å². The molecule has 8 rings (SSSR count). The minimum Gasteiger partial charge on any atom is -0.333 e. The lowest BCUT2D eigenvalue weighted by Crippen LogP contribution is -2.31. The quantitative estimate of drug-likeness (QED) is 0.216. The number of carbonyl (C=O) groups excluding carboxylic acids is 2. The number of anilines is 3. The van der Waals surface area contributed by atoms with Crippen LogP contribution in [0.15, 0.2) is 140 Å². The van der Waals surface area contributed by atoms with E-state index >= 15 is 0 Å². The van der Waals surface area contributed by atoms with Gasteiger partial charge in [-0.15, -0.1) is 0 Å². The number of nitrogens with zero attached hydrogens (tertiary/aromatic N) is 3. The van der Waals surface area contributed by atoms with Crippen molar-refractivity contribution >= 4 is 28.9 Å². The SMILES string of the molecule is O=C1c2cccc(N3c4ccc(-c5ccncc5)cc4C4C=CC=CC43)c2C(=O)N1c1cccc(-c2ccccc2)c1. The minimum absolute atomic E-state index is 0.0115. The summed E-state index contributed by atoms with van der Waals surface area (Å²) in [4.78, 5) is 35.7.